The Bertz CT molecular complexity index is 165. The minimum atomic E-state index is 0.792. The third-order valence-corrected chi connectivity index (χ3v) is 1.10. The molecular formula is C8H9N. The van der Waals surface area contributed by atoms with Crippen LogP contribution < -0.4 is 0 Å². The van der Waals surface area contributed by atoms with Gasteiger partial charge in [0, 0.05) is 11.4 Å². The molecule has 1 rings (SSSR count). The highest BCUT2D eigenvalue weighted by Crippen LogP contribution is 2.01. The van der Waals surface area contributed by atoms with Crippen molar-refractivity contribution >= 4 is 0 Å². The van der Waals surface area contributed by atoms with E-state index in [1.54, 1.807) is 0 Å². The van der Waals surface area contributed by atoms with E-state index >= 15 is 0 Å². The first-order valence-electron chi connectivity index (χ1n) is 2.89. The molecule has 0 amide bonds. The maximum atomic E-state index is 5.52. The maximum absolute atomic E-state index is 5.52. The second kappa shape index (κ2) is 2.18. The molecule has 1 heteroatoms. The second-order valence-corrected chi connectivity index (χ2v) is 2.18. The monoisotopic (exact) mass is 119 g/mol. The molecule has 1 heterocycles. The van der Waals surface area contributed by atoms with Crippen LogP contribution in [0.15, 0.2) is 12.1 Å². The van der Waals surface area contributed by atoms with Crippen LogP contribution in [-0.4, -0.2) is 4.98 Å². The lowest BCUT2D eigenvalue weighted by Gasteiger charge is -1.95. The Kier molecular flexibility index (Phi) is 1.52. The summed E-state index contributed by atoms with van der Waals surface area (Å²) >= 11 is 0. The van der Waals surface area contributed by atoms with Crippen LogP contribution in [0.4, 0.5) is 0 Å². The minimum Gasteiger partial charge on any atom is -0.258 e. The van der Waals surface area contributed by atoms with Crippen LogP contribution in [0.2, 0.25) is 0 Å². The number of aryl methyl sites for hydroxylation is 2. The fourth-order valence-electron chi connectivity index (χ4n) is 0.867. The van der Waals surface area contributed by atoms with Gasteiger partial charge in [0.05, 0.1) is 0 Å². The van der Waals surface area contributed by atoms with Gasteiger partial charge < -0.3 is 0 Å². The zero-order chi connectivity index (χ0) is 6.85. The average molecular weight is 119 g/mol. The van der Waals surface area contributed by atoms with Crippen molar-refractivity contribution in [1.82, 2.24) is 4.98 Å². The smallest absolute Gasteiger partial charge is 0.0378 e. The first-order chi connectivity index (χ1) is 4.18. The Morgan fingerprint density at radius 1 is 1.22 bits per heavy atom. The third-order valence-electron chi connectivity index (χ3n) is 1.10. The molecule has 0 aliphatic heterocycles. The van der Waals surface area contributed by atoms with Crippen molar-refractivity contribution in [1.29, 1.82) is 0 Å². The summed E-state index contributed by atoms with van der Waals surface area (Å²) in [4.78, 5) is 4.15. The number of hydrogen-bond donors (Lipinski definition) is 0. The first-order valence-corrected chi connectivity index (χ1v) is 2.89. The van der Waals surface area contributed by atoms with Crippen LogP contribution in [-0.2, 0) is 0 Å². The summed E-state index contributed by atoms with van der Waals surface area (Å²) in [6, 6.07) is 3.71. The molecule has 0 N–H and O–H groups in total. The Balaban J connectivity index is 3.17. The Morgan fingerprint density at radius 3 is 2.00 bits per heavy atom. The van der Waals surface area contributed by atoms with Crippen molar-refractivity contribution < 1.29 is 0 Å². The predicted molar refractivity (Wildman–Crippen MR) is 37.1 cm³/mol. The van der Waals surface area contributed by atoms with Crippen molar-refractivity contribution in [3.63, 3.8) is 0 Å². The minimum absolute atomic E-state index is 0.792. The van der Waals surface area contributed by atoms with Gasteiger partial charge >= 0.3 is 0 Å². The molecule has 1 nitrogen and oxygen atoms in total. The van der Waals surface area contributed by atoms with Crippen molar-refractivity contribution in [2.75, 3.05) is 0 Å². The summed E-state index contributed by atoms with van der Waals surface area (Å²) in [5, 5.41) is 0. The molecule has 46 valence electrons. The third kappa shape index (κ3) is 1.53. The molecule has 1 aromatic rings. The van der Waals surface area contributed by atoms with Crippen LogP contribution in [0.1, 0.15) is 17.0 Å². The predicted octanol–water partition coefficient (Wildman–Crippen LogP) is 1.76. The van der Waals surface area contributed by atoms with Crippen LogP contribution in [0.5, 0.6) is 0 Å². The zero-order valence-corrected chi connectivity index (χ0v) is 5.68. The summed E-state index contributed by atoms with van der Waals surface area (Å²) in [6.07, 6.45) is 0. The van der Waals surface area contributed by atoms with Crippen molar-refractivity contribution in [3.05, 3.63) is 36.0 Å². The van der Waals surface area contributed by atoms with Crippen molar-refractivity contribution in [2.45, 2.75) is 13.8 Å². The summed E-state index contributed by atoms with van der Waals surface area (Å²) in [5.74, 6) is 0. The van der Waals surface area contributed by atoms with Gasteiger partial charge in [-0.1, -0.05) is 0 Å². The fourth-order valence-corrected chi connectivity index (χ4v) is 0.867. The van der Waals surface area contributed by atoms with Gasteiger partial charge in [-0.3, -0.25) is 4.98 Å². The molecule has 0 saturated heterocycles. The lowest BCUT2D eigenvalue weighted by Crippen LogP contribution is -1.85. The molecule has 0 saturated carbocycles. The number of pyridine rings is 1. The van der Waals surface area contributed by atoms with Gasteiger partial charge in [0.2, 0.25) is 0 Å². The van der Waals surface area contributed by atoms with Gasteiger partial charge in [0.1, 0.15) is 0 Å². The van der Waals surface area contributed by atoms with Gasteiger partial charge in [-0.15, -0.1) is 0 Å². The molecule has 1 aromatic heterocycles. The van der Waals surface area contributed by atoms with E-state index in [2.05, 4.69) is 4.98 Å². The molecule has 2 radical (unpaired) electrons. The van der Waals surface area contributed by atoms with E-state index < -0.39 is 0 Å². The quantitative estimate of drug-likeness (QED) is 0.507. The molecule has 0 unspecified atom stereocenters. The van der Waals surface area contributed by atoms with Gasteiger partial charge in [-0.2, -0.15) is 0 Å². The molecule has 0 atom stereocenters. The molecule has 0 fully saturated rings. The van der Waals surface area contributed by atoms with Crippen LogP contribution in [0, 0.1) is 20.8 Å². The van der Waals surface area contributed by atoms with E-state index in [0.717, 1.165) is 17.0 Å². The average Bonchev–Trinajstić information content (AvgIpc) is 1.59. The Hall–Kier alpha value is -0.850. The van der Waals surface area contributed by atoms with E-state index in [1.807, 2.05) is 26.0 Å². The SMILES string of the molecule is [CH]c1cc(C)nc(C)c1. The van der Waals surface area contributed by atoms with E-state index in [1.165, 1.54) is 0 Å². The van der Waals surface area contributed by atoms with Crippen LogP contribution in [0.25, 0.3) is 0 Å². The summed E-state index contributed by atoms with van der Waals surface area (Å²) in [7, 11) is 0. The largest absolute Gasteiger partial charge is 0.258 e. The molecule has 0 aromatic carbocycles. The topological polar surface area (TPSA) is 12.9 Å². The normalized spacial score (nSPS) is 9.67. The van der Waals surface area contributed by atoms with E-state index in [-0.39, 0.29) is 0 Å². The number of nitrogens with zero attached hydrogens (tertiary/aromatic N) is 1. The molecular weight excluding hydrogens is 110 g/mol. The molecule has 9 heavy (non-hydrogen) atoms. The van der Waals surface area contributed by atoms with Crippen LogP contribution >= 0.6 is 0 Å². The lowest BCUT2D eigenvalue weighted by atomic mass is 10.2. The van der Waals surface area contributed by atoms with Crippen molar-refractivity contribution in [3.8, 4) is 0 Å². The van der Waals surface area contributed by atoms with Gasteiger partial charge in [-0.25, -0.2) is 0 Å². The number of aromatic nitrogens is 1. The summed E-state index contributed by atoms with van der Waals surface area (Å²) < 4.78 is 0. The molecule has 0 aliphatic rings. The van der Waals surface area contributed by atoms with Gasteiger partial charge in [0.25, 0.3) is 0 Å². The standard InChI is InChI=1S/C8H9N/c1-6-4-7(2)9-8(3)5-6/h1,4-5H,2-3H3. The Labute approximate surface area is 55.7 Å². The van der Waals surface area contributed by atoms with E-state index in [0.29, 0.717) is 0 Å². The highest BCUT2D eigenvalue weighted by Gasteiger charge is 1.89. The highest BCUT2D eigenvalue weighted by atomic mass is 14.7. The molecule has 0 bridgehead atoms. The Morgan fingerprint density at radius 2 is 1.67 bits per heavy atom. The summed E-state index contributed by atoms with van der Waals surface area (Å²) in [6.45, 7) is 9.39. The summed E-state index contributed by atoms with van der Waals surface area (Å²) in [5.41, 5.74) is 2.75. The highest BCUT2D eigenvalue weighted by molar-refractivity contribution is 5.22. The fraction of sp³-hybridized carbons (Fsp3) is 0.250. The molecule has 0 aliphatic carbocycles. The van der Waals surface area contributed by atoms with Gasteiger partial charge in [0.15, 0.2) is 0 Å². The first kappa shape index (κ1) is 6.27. The lowest BCUT2D eigenvalue weighted by molar-refractivity contribution is 1.11. The molecule has 0 spiro atoms. The number of rotatable bonds is 0. The van der Waals surface area contributed by atoms with Crippen molar-refractivity contribution in [2.24, 2.45) is 0 Å². The van der Waals surface area contributed by atoms with Crippen LogP contribution in [0.3, 0.4) is 0 Å². The second-order valence-electron chi connectivity index (χ2n) is 2.18. The number of hydrogen-bond acceptors (Lipinski definition) is 1. The maximum Gasteiger partial charge on any atom is 0.0378 e. The zero-order valence-electron chi connectivity index (χ0n) is 5.68. The van der Waals surface area contributed by atoms with Gasteiger partial charge in [-0.05, 0) is 38.5 Å². The van der Waals surface area contributed by atoms with E-state index in [9.17, 15) is 0 Å². The van der Waals surface area contributed by atoms with E-state index in [4.69, 9.17) is 6.92 Å².